The number of benzene rings is 2. The average molecular weight is 312 g/mol. The van der Waals surface area contributed by atoms with Gasteiger partial charge in [-0.25, -0.2) is 0 Å². The van der Waals surface area contributed by atoms with Crippen LogP contribution in [-0.2, 0) is 4.79 Å². The molecule has 0 saturated carbocycles. The number of nitrogens with one attached hydrogen (secondary N) is 2. The summed E-state index contributed by atoms with van der Waals surface area (Å²) in [6.07, 6.45) is 0.0852. The van der Waals surface area contributed by atoms with Gasteiger partial charge < -0.3 is 15.4 Å². The van der Waals surface area contributed by atoms with Gasteiger partial charge in [0.1, 0.15) is 5.75 Å². The van der Waals surface area contributed by atoms with Gasteiger partial charge in [0.15, 0.2) is 0 Å². The topological polar surface area (TPSA) is 50.4 Å². The zero-order valence-electron chi connectivity index (χ0n) is 14.1. The third-order valence-electron chi connectivity index (χ3n) is 3.35. The van der Waals surface area contributed by atoms with Gasteiger partial charge in [-0.3, -0.25) is 4.79 Å². The molecule has 0 bridgehead atoms. The zero-order valence-corrected chi connectivity index (χ0v) is 14.1. The summed E-state index contributed by atoms with van der Waals surface area (Å²) in [5.41, 5.74) is 3.89. The highest BCUT2D eigenvalue weighted by Gasteiger charge is 2.08. The van der Waals surface area contributed by atoms with Gasteiger partial charge in [0, 0.05) is 5.69 Å². The van der Waals surface area contributed by atoms with Crippen molar-refractivity contribution in [1.29, 1.82) is 0 Å². The van der Waals surface area contributed by atoms with Crippen molar-refractivity contribution in [3.63, 3.8) is 0 Å². The molecule has 0 unspecified atom stereocenters. The van der Waals surface area contributed by atoms with E-state index >= 15 is 0 Å². The van der Waals surface area contributed by atoms with Gasteiger partial charge in [0.05, 0.1) is 18.3 Å². The van der Waals surface area contributed by atoms with Crippen LogP contribution in [0, 0.1) is 13.8 Å². The number of hydrogen-bond acceptors (Lipinski definition) is 3. The molecule has 2 rings (SSSR count). The predicted molar refractivity (Wildman–Crippen MR) is 95.2 cm³/mol. The fourth-order valence-electron chi connectivity index (χ4n) is 2.29. The molecule has 4 heteroatoms. The molecular formula is C19H24N2O2. The lowest BCUT2D eigenvalue weighted by Gasteiger charge is -2.15. The molecule has 1 amide bonds. The van der Waals surface area contributed by atoms with Crippen molar-refractivity contribution in [3.05, 3.63) is 53.6 Å². The van der Waals surface area contributed by atoms with E-state index in [2.05, 4.69) is 16.7 Å². The molecule has 0 aromatic heterocycles. The van der Waals surface area contributed by atoms with E-state index in [4.69, 9.17) is 4.74 Å². The number of ether oxygens (including phenoxy) is 1. The van der Waals surface area contributed by atoms with Gasteiger partial charge >= 0.3 is 0 Å². The second-order valence-electron chi connectivity index (χ2n) is 5.88. The van der Waals surface area contributed by atoms with E-state index in [1.807, 2.05) is 64.1 Å². The Hall–Kier alpha value is -2.49. The van der Waals surface area contributed by atoms with Crippen molar-refractivity contribution >= 4 is 17.3 Å². The SMILES string of the molecule is Cc1ccc(NC(=O)CNc2ccccc2OC(C)C)c(C)c1. The molecule has 23 heavy (non-hydrogen) atoms. The van der Waals surface area contributed by atoms with Gasteiger partial charge in [-0.05, 0) is 51.5 Å². The van der Waals surface area contributed by atoms with Gasteiger partial charge in [-0.15, -0.1) is 0 Å². The molecule has 0 atom stereocenters. The van der Waals surface area contributed by atoms with E-state index in [1.54, 1.807) is 0 Å². The third-order valence-corrected chi connectivity index (χ3v) is 3.35. The molecule has 2 N–H and O–H groups in total. The van der Waals surface area contributed by atoms with Crippen molar-refractivity contribution in [1.82, 2.24) is 0 Å². The Bertz CT molecular complexity index is 681. The van der Waals surface area contributed by atoms with Crippen LogP contribution in [0.2, 0.25) is 0 Å². The minimum Gasteiger partial charge on any atom is -0.489 e. The lowest BCUT2D eigenvalue weighted by atomic mass is 10.1. The van der Waals surface area contributed by atoms with Crippen LogP contribution in [0.25, 0.3) is 0 Å². The number of anilines is 2. The minimum atomic E-state index is -0.0868. The summed E-state index contributed by atoms with van der Waals surface area (Å²) >= 11 is 0. The summed E-state index contributed by atoms with van der Waals surface area (Å²) in [4.78, 5) is 12.1. The molecule has 0 spiro atoms. The van der Waals surface area contributed by atoms with Crippen LogP contribution in [0.15, 0.2) is 42.5 Å². The van der Waals surface area contributed by atoms with Crippen LogP contribution in [0.5, 0.6) is 5.75 Å². The maximum absolute atomic E-state index is 12.1. The monoisotopic (exact) mass is 312 g/mol. The molecule has 2 aromatic carbocycles. The van der Waals surface area contributed by atoms with E-state index in [0.717, 1.165) is 22.7 Å². The second kappa shape index (κ2) is 7.68. The fraction of sp³-hybridized carbons (Fsp3) is 0.316. The first kappa shape index (κ1) is 16.9. The highest BCUT2D eigenvalue weighted by Crippen LogP contribution is 2.24. The first-order valence-corrected chi connectivity index (χ1v) is 7.82. The number of amides is 1. The molecule has 0 aliphatic rings. The van der Waals surface area contributed by atoms with Crippen LogP contribution >= 0.6 is 0 Å². The fourth-order valence-corrected chi connectivity index (χ4v) is 2.29. The molecule has 0 aliphatic carbocycles. The van der Waals surface area contributed by atoms with Crippen LogP contribution in [-0.4, -0.2) is 18.6 Å². The average Bonchev–Trinajstić information content (AvgIpc) is 2.49. The Kier molecular flexibility index (Phi) is 5.63. The minimum absolute atomic E-state index is 0.0852. The maximum Gasteiger partial charge on any atom is 0.243 e. The number of rotatable bonds is 6. The molecule has 0 aliphatic heterocycles. The highest BCUT2D eigenvalue weighted by molar-refractivity contribution is 5.94. The van der Waals surface area contributed by atoms with E-state index in [0.29, 0.717) is 0 Å². The van der Waals surface area contributed by atoms with Gasteiger partial charge in [-0.1, -0.05) is 29.8 Å². The normalized spacial score (nSPS) is 10.5. The smallest absolute Gasteiger partial charge is 0.243 e. The van der Waals surface area contributed by atoms with Crippen molar-refractivity contribution in [2.75, 3.05) is 17.2 Å². The van der Waals surface area contributed by atoms with Crippen LogP contribution in [0.1, 0.15) is 25.0 Å². The Morgan fingerprint density at radius 3 is 2.52 bits per heavy atom. The standard InChI is InChI=1S/C19H24N2O2/c1-13(2)23-18-8-6-5-7-17(18)20-12-19(22)21-16-10-9-14(3)11-15(16)4/h5-11,13,20H,12H2,1-4H3,(H,21,22). The molecule has 0 heterocycles. The Morgan fingerprint density at radius 2 is 1.83 bits per heavy atom. The molecule has 4 nitrogen and oxygen atoms in total. The van der Waals surface area contributed by atoms with Crippen molar-refractivity contribution < 1.29 is 9.53 Å². The number of hydrogen-bond donors (Lipinski definition) is 2. The van der Waals surface area contributed by atoms with E-state index < -0.39 is 0 Å². The predicted octanol–water partition coefficient (Wildman–Crippen LogP) is 4.14. The summed E-state index contributed by atoms with van der Waals surface area (Å²) in [6, 6.07) is 13.6. The summed E-state index contributed by atoms with van der Waals surface area (Å²) in [6.45, 7) is 8.16. The summed E-state index contributed by atoms with van der Waals surface area (Å²) in [5.74, 6) is 0.665. The number of para-hydroxylation sites is 2. The zero-order chi connectivity index (χ0) is 16.8. The van der Waals surface area contributed by atoms with Gasteiger partial charge in [0.2, 0.25) is 5.91 Å². The lowest BCUT2D eigenvalue weighted by Crippen LogP contribution is -2.22. The van der Waals surface area contributed by atoms with Crippen LogP contribution < -0.4 is 15.4 Å². The summed E-state index contributed by atoms with van der Waals surface area (Å²) in [7, 11) is 0. The van der Waals surface area contributed by atoms with Gasteiger partial charge in [0.25, 0.3) is 0 Å². The Labute approximate surface area is 137 Å². The molecule has 0 fully saturated rings. The maximum atomic E-state index is 12.1. The highest BCUT2D eigenvalue weighted by atomic mass is 16.5. The molecule has 2 aromatic rings. The molecular weight excluding hydrogens is 288 g/mol. The number of aryl methyl sites for hydroxylation is 2. The Balaban J connectivity index is 1.97. The van der Waals surface area contributed by atoms with E-state index in [9.17, 15) is 4.79 Å². The number of carbonyl (C=O) groups is 1. The largest absolute Gasteiger partial charge is 0.489 e. The van der Waals surface area contributed by atoms with Crippen molar-refractivity contribution in [2.45, 2.75) is 33.8 Å². The molecule has 0 saturated heterocycles. The quantitative estimate of drug-likeness (QED) is 0.843. The van der Waals surface area contributed by atoms with E-state index in [-0.39, 0.29) is 18.6 Å². The van der Waals surface area contributed by atoms with Crippen molar-refractivity contribution in [2.24, 2.45) is 0 Å². The third kappa shape index (κ3) is 5.02. The Morgan fingerprint density at radius 1 is 1.09 bits per heavy atom. The van der Waals surface area contributed by atoms with Crippen LogP contribution in [0.4, 0.5) is 11.4 Å². The second-order valence-corrected chi connectivity index (χ2v) is 5.88. The van der Waals surface area contributed by atoms with Crippen LogP contribution in [0.3, 0.4) is 0 Å². The number of carbonyl (C=O) groups excluding carboxylic acids is 1. The van der Waals surface area contributed by atoms with Crippen molar-refractivity contribution in [3.8, 4) is 5.75 Å². The first-order valence-electron chi connectivity index (χ1n) is 7.82. The summed E-state index contributed by atoms with van der Waals surface area (Å²) in [5, 5.41) is 6.06. The summed E-state index contributed by atoms with van der Waals surface area (Å²) < 4.78 is 5.73. The molecule has 0 radical (unpaired) electrons. The lowest BCUT2D eigenvalue weighted by molar-refractivity contribution is -0.114. The molecule has 122 valence electrons. The first-order chi connectivity index (χ1) is 11.0. The van der Waals surface area contributed by atoms with E-state index in [1.165, 1.54) is 5.56 Å². The van der Waals surface area contributed by atoms with Gasteiger partial charge in [-0.2, -0.15) is 0 Å².